The lowest BCUT2D eigenvalue weighted by atomic mass is 9.82. The number of rotatable bonds is 4. The molecule has 0 amide bonds. The first kappa shape index (κ1) is 54.9. The second-order valence-electron chi connectivity index (χ2n) is 26.7. The van der Waals surface area contributed by atoms with Crippen LogP contribution < -0.4 is 0 Å². The largest absolute Gasteiger partial charge is 0.456 e. The molecule has 0 atom stereocenters. The number of benzene rings is 16. The van der Waals surface area contributed by atoms with Crippen LogP contribution in [0.25, 0.3) is 207 Å². The van der Waals surface area contributed by atoms with Gasteiger partial charge in [0, 0.05) is 74.8 Å². The van der Waals surface area contributed by atoms with E-state index >= 15 is 0 Å². The van der Waals surface area contributed by atoms with Gasteiger partial charge in [0.15, 0.2) is 0 Å². The summed E-state index contributed by atoms with van der Waals surface area (Å²) < 4.78 is 15.3. The highest BCUT2D eigenvalue weighted by Gasteiger charge is 2.36. The molecule has 22 rings (SSSR count). The van der Waals surface area contributed by atoms with Crippen LogP contribution in [-0.2, 0) is 5.41 Å². The van der Waals surface area contributed by atoms with E-state index < -0.39 is 0 Å². The molecular weight excluding hydrogens is 1210 g/mol. The van der Waals surface area contributed by atoms with Crippen LogP contribution in [0.15, 0.2) is 300 Å². The lowest BCUT2D eigenvalue weighted by Crippen LogP contribution is -2.14. The van der Waals surface area contributed by atoms with E-state index in [2.05, 4.69) is 232 Å². The summed E-state index contributed by atoms with van der Waals surface area (Å²) in [6, 6.07) is 104. The van der Waals surface area contributed by atoms with Gasteiger partial charge in [-0.3, -0.25) is 0 Å². The average Bonchev–Trinajstić information content (AvgIpc) is 1.38. The molecule has 0 radical (unpaired) electrons. The molecule has 1 aliphatic carbocycles. The zero-order valence-corrected chi connectivity index (χ0v) is 54.0. The summed E-state index contributed by atoms with van der Waals surface area (Å²) >= 11 is 1.83. The van der Waals surface area contributed by atoms with Gasteiger partial charge in [-0.2, -0.15) is 0 Å². The van der Waals surface area contributed by atoms with Crippen LogP contribution in [0.1, 0.15) is 25.0 Å². The number of aromatic nitrogens is 4. The molecule has 0 saturated carbocycles. The summed E-state index contributed by atoms with van der Waals surface area (Å²) in [5.74, 6) is 0. The number of thiophene rings is 1. The first-order valence-electron chi connectivity index (χ1n) is 33.4. The zero-order chi connectivity index (χ0) is 64.5. The quantitative estimate of drug-likeness (QED) is 0.163. The molecular formula is C91H54N4O2S. The van der Waals surface area contributed by atoms with Gasteiger partial charge in [-0.15, -0.1) is 11.3 Å². The number of nitrogens with zero attached hydrogens (tertiary/aromatic N) is 4. The summed E-state index contributed by atoms with van der Waals surface area (Å²) in [5, 5.41) is 21.8. The smallest absolute Gasteiger partial charge is 0.143 e. The van der Waals surface area contributed by atoms with E-state index in [0.717, 1.165) is 122 Å². The molecule has 5 aromatic heterocycles. The zero-order valence-electron chi connectivity index (χ0n) is 53.2. The molecule has 1 aliphatic rings. The molecule has 0 aliphatic heterocycles. The predicted octanol–water partition coefficient (Wildman–Crippen LogP) is 25.3. The molecule has 21 aromatic rings. The summed E-state index contributed by atoms with van der Waals surface area (Å²) in [6.45, 7) is 4.69. The van der Waals surface area contributed by atoms with E-state index in [9.17, 15) is 0 Å². The van der Waals surface area contributed by atoms with Gasteiger partial charge in [-0.25, -0.2) is 19.9 Å². The standard InChI is InChI=1S/C47H30N2O.C44H24N2OS/c1-47(2)37-11-5-3-10-36(37)44-35-22-17-27-15-16-28-25-29(18-20-31(28)43(27)34(35)23-24-38(44)47)45-46(49-40-13-7-6-12-39(40)48-45)30-19-21-33-32-9-4-8-14-41(32)50-42(33)26-30;1-5-11-38-30(7-1)34-22-21-33-35(44(34)47-38)20-15-25-13-14-26-23-27(16-18-29(26)41(25)33)42-43(46-37-10-4-3-9-36(37)45-42)28-17-19-32-31-8-2-6-12-39(31)48-40(32)24-28/h3-26H,1-2H3;1-24H. The number of hydrogen-bond donors (Lipinski definition) is 0. The Bertz CT molecular complexity index is 7050. The van der Waals surface area contributed by atoms with Gasteiger partial charge < -0.3 is 8.83 Å². The highest BCUT2D eigenvalue weighted by atomic mass is 32.1. The minimum absolute atomic E-state index is 0.0315. The molecule has 0 unspecified atom stereocenters. The van der Waals surface area contributed by atoms with Crippen LogP contribution in [0.2, 0.25) is 0 Å². The van der Waals surface area contributed by atoms with Gasteiger partial charge in [0.05, 0.1) is 44.8 Å². The van der Waals surface area contributed by atoms with Crippen LogP contribution in [0.4, 0.5) is 0 Å². The summed E-state index contributed by atoms with van der Waals surface area (Å²) in [7, 11) is 0. The van der Waals surface area contributed by atoms with Crippen LogP contribution in [-0.4, -0.2) is 19.9 Å². The molecule has 456 valence electrons. The minimum atomic E-state index is -0.0315. The van der Waals surface area contributed by atoms with Gasteiger partial charge in [0.25, 0.3) is 0 Å². The summed E-state index contributed by atoms with van der Waals surface area (Å²) in [4.78, 5) is 20.9. The third-order valence-electron chi connectivity index (χ3n) is 20.9. The Hall–Kier alpha value is -12.4. The Balaban J connectivity index is 0.000000129. The number of hydrogen-bond acceptors (Lipinski definition) is 7. The Morgan fingerprint density at radius 2 is 0.684 bits per heavy atom. The van der Waals surface area contributed by atoms with E-state index in [1.165, 1.54) is 96.3 Å². The number of furan rings is 2. The number of fused-ring (bicyclic) bond motifs is 26. The minimum Gasteiger partial charge on any atom is -0.456 e. The lowest BCUT2D eigenvalue weighted by molar-refractivity contribution is 0.661. The van der Waals surface area contributed by atoms with E-state index in [0.29, 0.717) is 0 Å². The highest BCUT2D eigenvalue weighted by Crippen LogP contribution is 2.53. The van der Waals surface area contributed by atoms with E-state index in [1.807, 2.05) is 84.1 Å². The fourth-order valence-electron chi connectivity index (χ4n) is 16.2. The molecule has 16 aromatic carbocycles. The average molecular weight is 1270 g/mol. The Morgan fingerprint density at radius 1 is 0.276 bits per heavy atom. The molecule has 0 bridgehead atoms. The molecule has 0 fully saturated rings. The first-order valence-corrected chi connectivity index (χ1v) is 34.2. The van der Waals surface area contributed by atoms with Crippen LogP contribution >= 0.6 is 11.3 Å². The van der Waals surface area contributed by atoms with Crippen molar-refractivity contribution in [3.05, 3.63) is 302 Å². The van der Waals surface area contributed by atoms with Gasteiger partial charge in [0.2, 0.25) is 0 Å². The molecule has 0 N–H and O–H groups in total. The fraction of sp³-hybridized carbons (Fsp3) is 0.0330. The van der Waals surface area contributed by atoms with Crippen molar-refractivity contribution in [1.29, 1.82) is 0 Å². The molecule has 6 nitrogen and oxygen atoms in total. The molecule has 0 saturated heterocycles. The Kier molecular flexibility index (Phi) is 11.7. The Morgan fingerprint density at radius 3 is 1.33 bits per heavy atom. The van der Waals surface area contributed by atoms with Crippen LogP contribution in [0, 0.1) is 0 Å². The van der Waals surface area contributed by atoms with Gasteiger partial charge in [0.1, 0.15) is 22.3 Å². The Labute approximate surface area is 565 Å². The summed E-state index contributed by atoms with van der Waals surface area (Å²) in [5.41, 5.74) is 20.2. The normalized spacial score (nSPS) is 12.9. The molecule has 0 spiro atoms. The van der Waals surface area contributed by atoms with Crippen molar-refractivity contribution in [3.8, 4) is 56.2 Å². The molecule has 7 heteroatoms. The molecule has 5 heterocycles. The van der Waals surface area contributed by atoms with Crippen molar-refractivity contribution in [3.63, 3.8) is 0 Å². The van der Waals surface area contributed by atoms with Gasteiger partial charge in [-0.05, 0) is 166 Å². The second kappa shape index (κ2) is 20.8. The van der Waals surface area contributed by atoms with Crippen LogP contribution in [0.3, 0.4) is 0 Å². The topological polar surface area (TPSA) is 77.8 Å². The lowest BCUT2D eigenvalue weighted by Gasteiger charge is -2.21. The van der Waals surface area contributed by atoms with Crippen LogP contribution in [0.5, 0.6) is 0 Å². The number of para-hydroxylation sites is 6. The van der Waals surface area contributed by atoms with E-state index in [1.54, 1.807) is 0 Å². The third-order valence-corrected chi connectivity index (χ3v) is 22.0. The van der Waals surface area contributed by atoms with Crippen molar-refractivity contribution >= 4 is 162 Å². The first-order chi connectivity index (χ1) is 48.3. The monoisotopic (exact) mass is 1270 g/mol. The van der Waals surface area contributed by atoms with Crippen molar-refractivity contribution in [1.82, 2.24) is 19.9 Å². The van der Waals surface area contributed by atoms with Crippen molar-refractivity contribution in [2.75, 3.05) is 0 Å². The summed E-state index contributed by atoms with van der Waals surface area (Å²) in [6.07, 6.45) is 0. The van der Waals surface area contributed by atoms with Crippen molar-refractivity contribution in [2.45, 2.75) is 19.3 Å². The maximum Gasteiger partial charge on any atom is 0.143 e. The SMILES string of the molecule is CC1(C)c2ccccc2-c2c1ccc1c2ccc2ccc3cc(-c4nc5ccccc5nc4-c4ccc5c(c4)oc4ccccc45)ccc3c21.c1ccc2nc(-c3ccc4c(c3)sc3ccccc34)c(-c3ccc4c(ccc5ccc6c(ccc7c8ccccc8oc76)c54)c3)nc2c1. The van der Waals surface area contributed by atoms with Gasteiger partial charge >= 0.3 is 0 Å². The highest BCUT2D eigenvalue weighted by molar-refractivity contribution is 7.25. The molecule has 98 heavy (non-hydrogen) atoms. The van der Waals surface area contributed by atoms with Crippen molar-refractivity contribution < 1.29 is 8.83 Å². The second-order valence-corrected chi connectivity index (χ2v) is 27.7. The fourth-order valence-corrected chi connectivity index (χ4v) is 17.3. The van der Waals surface area contributed by atoms with Gasteiger partial charge in [-0.1, -0.05) is 220 Å². The predicted molar refractivity (Wildman–Crippen MR) is 411 cm³/mol. The van der Waals surface area contributed by atoms with E-state index in [4.69, 9.17) is 28.8 Å². The van der Waals surface area contributed by atoms with E-state index in [-0.39, 0.29) is 5.41 Å². The van der Waals surface area contributed by atoms with Crippen molar-refractivity contribution in [2.24, 2.45) is 0 Å². The maximum absolute atomic E-state index is 6.42. The third kappa shape index (κ3) is 8.20. The maximum atomic E-state index is 6.42.